The van der Waals surface area contributed by atoms with Crippen molar-refractivity contribution in [2.24, 2.45) is 0 Å². The van der Waals surface area contributed by atoms with E-state index in [1.807, 2.05) is 39.8 Å². The van der Waals surface area contributed by atoms with Crippen molar-refractivity contribution in [3.8, 4) is 0 Å². The molecule has 2 N–H and O–H groups in total. The van der Waals surface area contributed by atoms with Gasteiger partial charge in [0.05, 0.1) is 0 Å². The van der Waals surface area contributed by atoms with E-state index in [0.29, 0.717) is 0 Å². The van der Waals surface area contributed by atoms with E-state index in [1.54, 1.807) is 0 Å². The molecule has 2 aromatic rings. The normalized spacial score (nSPS) is 15.6. The predicted octanol–water partition coefficient (Wildman–Crippen LogP) is 4.38. The van der Waals surface area contributed by atoms with E-state index >= 15 is 0 Å². The van der Waals surface area contributed by atoms with Gasteiger partial charge in [0.15, 0.2) is 0 Å². The van der Waals surface area contributed by atoms with Crippen LogP contribution in [0.4, 0.5) is 15.8 Å². The molecule has 0 unspecified atom stereocenters. The molecule has 0 spiro atoms. The maximum absolute atomic E-state index is 12.6. The summed E-state index contributed by atoms with van der Waals surface area (Å²) in [4.78, 5) is 4.67. The summed E-state index contributed by atoms with van der Waals surface area (Å²) in [5.41, 5.74) is 2.46. The van der Waals surface area contributed by atoms with Crippen LogP contribution in [-0.4, -0.2) is 52.4 Å². The van der Waals surface area contributed by atoms with Gasteiger partial charge in [-0.15, -0.1) is 0 Å². The smallest absolute Gasteiger partial charge is 0.123 e. The quantitative estimate of drug-likeness (QED) is 0.780. The highest BCUT2D eigenvalue weighted by molar-refractivity contribution is 5.47. The molecule has 0 aromatic heterocycles. The standard InChI is InChI=1S/C10H13FN2.C10H14N2.2C2H6/c11-9-1-3-10(4-2-9)13-7-5-12-6-8-13;1-2-4-10(5-3-1)12-8-6-11-7-9-12;2*1-2/h1-4,12H,5-8H2;1-5,11H,6-9H2;2*1-2H3. The zero-order valence-electron chi connectivity index (χ0n) is 18.6. The van der Waals surface area contributed by atoms with Crippen molar-refractivity contribution >= 4 is 11.4 Å². The van der Waals surface area contributed by atoms with Gasteiger partial charge in [-0.25, -0.2) is 4.39 Å². The maximum atomic E-state index is 12.6. The van der Waals surface area contributed by atoms with Crippen LogP contribution in [0.15, 0.2) is 54.6 Å². The SMILES string of the molecule is CC.CC.Fc1ccc(N2CCNCC2)cc1.c1ccc(N2CCNCC2)cc1. The van der Waals surface area contributed by atoms with Crippen molar-refractivity contribution in [1.29, 1.82) is 0 Å². The Morgan fingerprint density at radius 3 is 1.38 bits per heavy atom. The Labute approximate surface area is 177 Å². The molecular formula is C24H39FN4. The van der Waals surface area contributed by atoms with E-state index in [1.165, 1.54) is 17.8 Å². The largest absolute Gasteiger partial charge is 0.369 e. The van der Waals surface area contributed by atoms with Crippen LogP contribution in [-0.2, 0) is 0 Å². The minimum atomic E-state index is -0.168. The lowest BCUT2D eigenvalue weighted by atomic mass is 10.2. The fourth-order valence-corrected chi connectivity index (χ4v) is 3.14. The highest BCUT2D eigenvalue weighted by Gasteiger charge is 2.10. The molecule has 0 radical (unpaired) electrons. The van der Waals surface area contributed by atoms with Crippen LogP contribution in [0, 0.1) is 5.82 Å². The number of piperazine rings is 2. The van der Waals surface area contributed by atoms with E-state index < -0.39 is 0 Å². The van der Waals surface area contributed by atoms with Gasteiger partial charge in [0, 0.05) is 63.7 Å². The molecule has 2 heterocycles. The molecule has 2 aliphatic heterocycles. The highest BCUT2D eigenvalue weighted by Crippen LogP contribution is 2.15. The molecule has 2 aromatic carbocycles. The van der Waals surface area contributed by atoms with Crippen LogP contribution in [0.1, 0.15) is 27.7 Å². The average Bonchev–Trinajstić information content (AvgIpc) is 2.84. The molecule has 0 bridgehead atoms. The lowest BCUT2D eigenvalue weighted by Gasteiger charge is -2.29. The molecule has 0 amide bonds. The number of rotatable bonds is 2. The molecule has 29 heavy (non-hydrogen) atoms. The molecule has 0 atom stereocenters. The fourth-order valence-electron chi connectivity index (χ4n) is 3.14. The van der Waals surface area contributed by atoms with Crippen LogP contribution in [0.25, 0.3) is 0 Å². The Bertz CT molecular complexity index is 607. The summed E-state index contributed by atoms with van der Waals surface area (Å²) in [7, 11) is 0. The Morgan fingerprint density at radius 2 is 0.966 bits per heavy atom. The lowest BCUT2D eigenvalue weighted by Crippen LogP contribution is -2.43. The number of anilines is 2. The molecule has 5 heteroatoms. The molecule has 0 saturated carbocycles. The third-order valence-electron chi connectivity index (χ3n) is 4.55. The second-order valence-electron chi connectivity index (χ2n) is 6.29. The van der Waals surface area contributed by atoms with Gasteiger partial charge in [-0.3, -0.25) is 0 Å². The molecule has 2 fully saturated rings. The van der Waals surface area contributed by atoms with E-state index in [2.05, 4.69) is 50.8 Å². The van der Waals surface area contributed by atoms with Crippen molar-refractivity contribution in [2.75, 3.05) is 62.2 Å². The van der Waals surface area contributed by atoms with Crippen LogP contribution < -0.4 is 20.4 Å². The van der Waals surface area contributed by atoms with Gasteiger partial charge < -0.3 is 20.4 Å². The van der Waals surface area contributed by atoms with Gasteiger partial charge in [0.1, 0.15) is 5.82 Å². The summed E-state index contributed by atoms with van der Waals surface area (Å²) >= 11 is 0. The first-order valence-corrected chi connectivity index (χ1v) is 11.0. The maximum Gasteiger partial charge on any atom is 0.123 e. The second-order valence-corrected chi connectivity index (χ2v) is 6.29. The van der Waals surface area contributed by atoms with Gasteiger partial charge in [0.2, 0.25) is 0 Å². The second kappa shape index (κ2) is 15.8. The van der Waals surface area contributed by atoms with E-state index in [0.717, 1.165) is 58.0 Å². The first-order valence-electron chi connectivity index (χ1n) is 11.0. The molecular weight excluding hydrogens is 363 g/mol. The topological polar surface area (TPSA) is 30.5 Å². The van der Waals surface area contributed by atoms with Gasteiger partial charge in [-0.05, 0) is 36.4 Å². The van der Waals surface area contributed by atoms with Gasteiger partial charge in [-0.2, -0.15) is 0 Å². The van der Waals surface area contributed by atoms with E-state index in [9.17, 15) is 4.39 Å². The molecule has 4 rings (SSSR count). The number of nitrogens with one attached hydrogen (secondary N) is 2. The van der Waals surface area contributed by atoms with Gasteiger partial charge >= 0.3 is 0 Å². The van der Waals surface area contributed by atoms with Crippen molar-refractivity contribution in [2.45, 2.75) is 27.7 Å². The summed E-state index contributed by atoms with van der Waals surface area (Å²) in [6.45, 7) is 16.5. The van der Waals surface area contributed by atoms with E-state index in [-0.39, 0.29) is 5.82 Å². The lowest BCUT2D eigenvalue weighted by molar-refractivity contribution is 0.587. The molecule has 2 aliphatic rings. The van der Waals surface area contributed by atoms with Gasteiger partial charge in [-0.1, -0.05) is 45.9 Å². The minimum absolute atomic E-state index is 0.168. The number of benzene rings is 2. The Hall–Kier alpha value is -2.11. The number of hydrogen-bond donors (Lipinski definition) is 2. The van der Waals surface area contributed by atoms with Crippen LogP contribution in [0.5, 0.6) is 0 Å². The minimum Gasteiger partial charge on any atom is -0.369 e. The number of para-hydroxylation sites is 1. The molecule has 2 saturated heterocycles. The Kier molecular flexibility index (Phi) is 13.6. The first-order chi connectivity index (χ1) is 14.3. The third-order valence-corrected chi connectivity index (χ3v) is 4.55. The highest BCUT2D eigenvalue weighted by atomic mass is 19.1. The monoisotopic (exact) mass is 402 g/mol. The van der Waals surface area contributed by atoms with Crippen LogP contribution in [0.2, 0.25) is 0 Å². The molecule has 162 valence electrons. The van der Waals surface area contributed by atoms with Crippen molar-refractivity contribution in [1.82, 2.24) is 10.6 Å². The zero-order valence-corrected chi connectivity index (χ0v) is 18.6. The third kappa shape index (κ3) is 9.29. The van der Waals surface area contributed by atoms with Crippen molar-refractivity contribution in [3.63, 3.8) is 0 Å². The van der Waals surface area contributed by atoms with Crippen molar-refractivity contribution < 1.29 is 4.39 Å². The molecule has 0 aliphatic carbocycles. The Balaban J connectivity index is 0.000000248. The Morgan fingerprint density at radius 1 is 0.586 bits per heavy atom. The van der Waals surface area contributed by atoms with Crippen LogP contribution >= 0.6 is 0 Å². The number of nitrogens with zero attached hydrogens (tertiary/aromatic N) is 2. The number of hydrogen-bond acceptors (Lipinski definition) is 4. The predicted molar refractivity (Wildman–Crippen MR) is 126 cm³/mol. The fraction of sp³-hybridized carbons (Fsp3) is 0.500. The summed E-state index contributed by atoms with van der Waals surface area (Å²) in [6.07, 6.45) is 0. The zero-order chi connectivity index (χ0) is 21.3. The number of halogens is 1. The van der Waals surface area contributed by atoms with E-state index in [4.69, 9.17) is 0 Å². The first kappa shape index (κ1) is 24.9. The summed E-state index contributed by atoms with van der Waals surface area (Å²) in [5, 5.41) is 6.62. The van der Waals surface area contributed by atoms with Crippen molar-refractivity contribution in [3.05, 3.63) is 60.4 Å². The van der Waals surface area contributed by atoms with Crippen LogP contribution in [0.3, 0.4) is 0 Å². The average molecular weight is 403 g/mol. The summed E-state index contributed by atoms with van der Waals surface area (Å²) in [5.74, 6) is -0.168. The molecule has 4 nitrogen and oxygen atoms in total. The summed E-state index contributed by atoms with van der Waals surface area (Å²) < 4.78 is 12.6. The van der Waals surface area contributed by atoms with Gasteiger partial charge in [0.25, 0.3) is 0 Å². The summed E-state index contributed by atoms with van der Waals surface area (Å²) in [6, 6.07) is 17.3.